The van der Waals surface area contributed by atoms with Crippen LogP contribution < -0.4 is 5.32 Å². The molecule has 0 atom stereocenters. The molecule has 0 unspecified atom stereocenters. The Morgan fingerprint density at radius 3 is 2.83 bits per heavy atom. The van der Waals surface area contributed by atoms with Crippen LogP contribution in [-0.4, -0.2) is 16.5 Å². The van der Waals surface area contributed by atoms with Crippen LogP contribution in [0.25, 0.3) is 0 Å². The minimum atomic E-state index is 0.927. The van der Waals surface area contributed by atoms with Crippen LogP contribution in [0.2, 0.25) is 0 Å². The van der Waals surface area contributed by atoms with Crippen LogP contribution in [-0.2, 0) is 6.54 Å². The molecule has 1 aromatic carbocycles. The van der Waals surface area contributed by atoms with Crippen molar-refractivity contribution in [3.8, 4) is 0 Å². The summed E-state index contributed by atoms with van der Waals surface area (Å²) in [5, 5.41) is 4.27. The van der Waals surface area contributed by atoms with E-state index < -0.39 is 0 Å². The minimum Gasteiger partial charge on any atom is -0.313 e. The molecule has 0 fully saturated rings. The number of aromatic nitrogens is 2. The molecule has 0 aliphatic heterocycles. The van der Waals surface area contributed by atoms with E-state index in [0.717, 1.165) is 18.1 Å². The van der Waals surface area contributed by atoms with Gasteiger partial charge in [0.1, 0.15) is 5.03 Å². The van der Waals surface area contributed by atoms with Gasteiger partial charge in [-0.1, -0.05) is 24.8 Å². The maximum atomic E-state index is 4.26. The lowest BCUT2D eigenvalue weighted by atomic mass is 10.1. The Morgan fingerprint density at radius 1 is 1.28 bits per heavy atom. The van der Waals surface area contributed by atoms with Crippen molar-refractivity contribution in [1.82, 2.24) is 15.3 Å². The van der Waals surface area contributed by atoms with Crippen LogP contribution in [0.5, 0.6) is 0 Å². The molecule has 0 bridgehead atoms. The van der Waals surface area contributed by atoms with Gasteiger partial charge in [-0.05, 0) is 36.7 Å². The van der Waals surface area contributed by atoms with Gasteiger partial charge >= 0.3 is 0 Å². The third-order valence-electron chi connectivity index (χ3n) is 2.64. The Morgan fingerprint density at radius 2 is 2.17 bits per heavy atom. The minimum absolute atomic E-state index is 0.927. The highest BCUT2D eigenvalue weighted by molar-refractivity contribution is 7.99. The van der Waals surface area contributed by atoms with Crippen LogP contribution >= 0.6 is 11.8 Å². The SMILES string of the molecule is CCNCc1ccc(Sc2cnccn2)cc1C. The van der Waals surface area contributed by atoms with E-state index in [-0.39, 0.29) is 0 Å². The molecule has 0 spiro atoms. The number of nitrogens with zero attached hydrogens (tertiary/aromatic N) is 2. The highest BCUT2D eigenvalue weighted by atomic mass is 32.2. The second-order valence-electron chi connectivity index (χ2n) is 4.01. The fraction of sp³-hybridized carbons (Fsp3) is 0.286. The number of hydrogen-bond donors (Lipinski definition) is 1. The zero-order valence-electron chi connectivity index (χ0n) is 10.7. The first-order valence-electron chi connectivity index (χ1n) is 6.03. The van der Waals surface area contributed by atoms with Gasteiger partial charge < -0.3 is 5.32 Å². The molecule has 1 heterocycles. The van der Waals surface area contributed by atoms with E-state index in [2.05, 4.69) is 47.3 Å². The van der Waals surface area contributed by atoms with E-state index in [4.69, 9.17) is 0 Å². The summed E-state index contributed by atoms with van der Waals surface area (Å²) in [5.41, 5.74) is 2.66. The van der Waals surface area contributed by atoms with Crippen LogP contribution in [0.15, 0.2) is 46.7 Å². The van der Waals surface area contributed by atoms with Crippen molar-refractivity contribution >= 4 is 11.8 Å². The van der Waals surface area contributed by atoms with E-state index in [1.165, 1.54) is 16.0 Å². The lowest BCUT2D eigenvalue weighted by Gasteiger charge is -2.08. The monoisotopic (exact) mass is 259 g/mol. The van der Waals surface area contributed by atoms with Crippen LogP contribution in [0.3, 0.4) is 0 Å². The third kappa shape index (κ3) is 3.55. The molecule has 4 heteroatoms. The zero-order valence-corrected chi connectivity index (χ0v) is 11.5. The maximum absolute atomic E-state index is 4.26. The van der Waals surface area contributed by atoms with Crippen LogP contribution in [0.4, 0.5) is 0 Å². The summed E-state index contributed by atoms with van der Waals surface area (Å²) in [4.78, 5) is 9.53. The highest BCUT2D eigenvalue weighted by Crippen LogP contribution is 2.26. The molecule has 0 aliphatic carbocycles. The second-order valence-corrected chi connectivity index (χ2v) is 5.11. The molecule has 0 radical (unpaired) electrons. The number of rotatable bonds is 5. The van der Waals surface area contributed by atoms with Gasteiger partial charge in [-0.3, -0.25) is 4.98 Å². The number of benzene rings is 1. The van der Waals surface area contributed by atoms with E-state index in [9.17, 15) is 0 Å². The molecular formula is C14H17N3S. The van der Waals surface area contributed by atoms with Crippen molar-refractivity contribution in [1.29, 1.82) is 0 Å². The maximum Gasteiger partial charge on any atom is 0.119 e. The fourth-order valence-corrected chi connectivity index (χ4v) is 2.49. The Labute approximate surface area is 112 Å². The lowest BCUT2D eigenvalue weighted by molar-refractivity contribution is 0.723. The molecule has 2 rings (SSSR count). The number of aryl methyl sites for hydroxylation is 1. The first-order chi connectivity index (χ1) is 8.79. The Bertz CT molecular complexity index is 500. The predicted molar refractivity (Wildman–Crippen MR) is 74.7 cm³/mol. The van der Waals surface area contributed by atoms with Gasteiger partial charge in [0.2, 0.25) is 0 Å². The molecule has 0 amide bonds. The van der Waals surface area contributed by atoms with Crippen LogP contribution in [0.1, 0.15) is 18.1 Å². The number of hydrogen-bond acceptors (Lipinski definition) is 4. The Hall–Kier alpha value is -1.39. The second kappa shape index (κ2) is 6.52. The largest absolute Gasteiger partial charge is 0.313 e. The molecule has 1 N–H and O–H groups in total. The molecule has 3 nitrogen and oxygen atoms in total. The average molecular weight is 259 g/mol. The van der Waals surface area contributed by atoms with Gasteiger partial charge in [-0.15, -0.1) is 0 Å². The molecule has 18 heavy (non-hydrogen) atoms. The molecule has 0 saturated heterocycles. The normalized spacial score (nSPS) is 10.6. The van der Waals surface area contributed by atoms with Gasteiger partial charge in [0, 0.05) is 23.8 Å². The standard InChI is InChI=1S/C14H17N3S/c1-3-15-9-12-4-5-13(8-11(12)2)18-14-10-16-6-7-17-14/h4-8,10,15H,3,9H2,1-2H3. The van der Waals surface area contributed by atoms with Gasteiger partial charge in [0.15, 0.2) is 0 Å². The Kier molecular flexibility index (Phi) is 4.73. The summed E-state index contributed by atoms with van der Waals surface area (Å²) in [6, 6.07) is 6.52. The summed E-state index contributed by atoms with van der Waals surface area (Å²) in [5.74, 6) is 0. The van der Waals surface area contributed by atoms with Crippen molar-refractivity contribution in [3.05, 3.63) is 47.9 Å². The fourth-order valence-electron chi connectivity index (χ4n) is 1.65. The molecule has 0 aliphatic rings. The zero-order chi connectivity index (χ0) is 12.8. The van der Waals surface area contributed by atoms with Crippen molar-refractivity contribution in [2.45, 2.75) is 30.3 Å². The van der Waals surface area contributed by atoms with Crippen molar-refractivity contribution in [2.24, 2.45) is 0 Å². The molecule has 94 valence electrons. The van der Waals surface area contributed by atoms with Crippen molar-refractivity contribution in [2.75, 3.05) is 6.54 Å². The highest BCUT2D eigenvalue weighted by Gasteiger charge is 2.02. The van der Waals surface area contributed by atoms with Crippen molar-refractivity contribution < 1.29 is 0 Å². The summed E-state index contributed by atoms with van der Waals surface area (Å²) in [6.07, 6.45) is 5.19. The van der Waals surface area contributed by atoms with Gasteiger partial charge in [0.05, 0.1) is 6.20 Å². The van der Waals surface area contributed by atoms with E-state index in [1.54, 1.807) is 30.4 Å². The first kappa shape index (κ1) is 13.1. The first-order valence-corrected chi connectivity index (χ1v) is 6.85. The Balaban J connectivity index is 2.09. The summed E-state index contributed by atoms with van der Waals surface area (Å²) in [7, 11) is 0. The van der Waals surface area contributed by atoms with Crippen molar-refractivity contribution in [3.63, 3.8) is 0 Å². The molecular weight excluding hydrogens is 242 g/mol. The average Bonchev–Trinajstić information content (AvgIpc) is 2.39. The van der Waals surface area contributed by atoms with E-state index >= 15 is 0 Å². The summed E-state index contributed by atoms with van der Waals surface area (Å²) >= 11 is 1.64. The van der Waals surface area contributed by atoms with Crippen LogP contribution in [0, 0.1) is 6.92 Å². The summed E-state index contributed by atoms with van der Waals surface area (Å²) < 4.78 is 0. The summed E-state index contributed by atoms with van der Waals surface area (Å²) in [6.45, 7) is 6.19. The molecule has 2 aromatic rings. The molecule has 0 saturated carbocycles. The quantitative estimate of drug-likeness (QED) is 0.895. The van der Waals surface area contributed by atoms with Gasteiger partial charge in [0.25, 0.3) is 0 Å². The topological polar surface area (TPSA) is 37.8 Å². The predicted octanol–water partition coefficient (Wildman–Crippen LogP) is 3.05. The number of nitrogens with one attached hydrogen (secondary N) is 1. The van der Waals surface area contributed by atoms with Gasteiger partial charge in [-0.2, -0.15) is 0 Å². The molecule has 1 aromatic heterocycles. The van der Waals surface area contributed by atoms with Gasteiger partial charge in [-0.25, -0.2) is 4.98 Å². The van der Waals surface area contributed by atoms with E-state index in [0.29, 0.717) is 0 Å². The third-order valence-corrected chi connectivity index (χ3v) is 3.55. The smallest absolute Gasteiger partial charge is 0.119 e. The van der Waals surface area contributed by atoms with E-state index in [1.807, 2.05) is 0 Å². The lowest BCUT2D eigenvalue weighted by Crippen LogP contribution is -2.12.